The molecule has 1 aliphatic carbocycles. The van der Waals surface area contributed by atoms with Crippen molar-refractivity contribution < 1.29 is 122 Å². The third-order valence-electron chi connectivity index (χ3n) is 23.4. The number of unbranched alkanes of at least 4 members (excludes halogenated alkanes) is 50. The van der Waals surface area contributed by atoms with Gasteiger partial charge in [0.1, 0.15) is 92.6 Å². The zero-order valence-corrected chi connectivity index (χ0v) is 75.3. The lowest BCUT2D eigenvalue weighted by Gasteiger charge is -2.50. The second-order valence-corrected chi connectivity index (χ2v) is 35.6. The summed E-state index contributed by atoms with van der Waals surface area (Å²) in [7, 11) is -5.81. The Bertz CT molecular complexity index is 2570. The van der Waals surface area contributed by atoms with Crippen LogP contribution in [-0.4, -0.2) is 205 Å². The molecule has 0 aromatic heterocycles. The van der Waals surface area contributed by atoms with Gasteiger partial charge in [-0.15, -0.1) is 0 Å². The van der Waals surface area contributed by atoms with E-state index in [0.29, 0.717) is 38.5 Å². The lowest BCUT2D eigenvalue weighted by Crippen LogP contribution is -2.70. The summed E-state index contributed by atoms with van der Waals surface area (Å²) in [6, 6.07) is 0. The lowest BCUT2D eigenvalue weighted by molar-refractivity contribution is -0.360. The van der Waals surface area contributed by atoms with E-state index >= 15 is 0 Å². The molecule has 0 aromatic carbocycles. The molecule has 3 aliphatic rings. The number of hydrogen-bond donors (Lipinski definition) is 10. The van der Waals surface area contributed by atoms with Crippen LogP contribution in [0.15, 0.2) is 24.3 Å². The largest absolute Gasteiger partial charge is 0.472 e. The molecule has 25 nitrogen and oxygen atoms in total. The average molecular weight is 1720 g/mol. The number of esters is 4. The van der Waals surface area contributed by atoms with Crippen molar-refractivity contribution in [2.24, 2.45) is 0 Å². The van der Waals surface area contributed by atoms with Gasteiger partial charge in [-0.1, -0.05) is 335 Å². The van der Waals surface area contributed by atoms with E-state index in [-0.39, 0.29) is 25.7 Å². The fraction of sp³-hybridized carbons (Fsp3) is 0.914. The highest BCUT2D eigenvalue weighted by Crippen LogP contribution is 2.49. The maximum Gasteiger partial charge on any atom is 0.472 e. The summed E-state index contributed by atoms with van der Waals surface area (Å²) in [5.41, 5.74) is 0. The standard InChI is InChI=1S/C93H171O25P/c1-5-9-13-17-21-25-29-33-36-39-42-46-50-54-58-62-66-77(96)110-72-75-81(100)83(102)87(106)93(114-75)117-90-88(115-79(98)68-64-60-56-52-48-44-40-37-34-30-26-22-18-14-10-6-2)84(103)85(104)89(116-92-86(105)82(101)80(99)74(69-94)113-92)91(90)118-119(107,108)111-71-73(70-109-76(95)65-61-57-53-49-45-41-32-28-24-20-16-12-8-4)112-78(97)67-63-59-55-51-47-43-38-35-31-27-23-19-15-11-7-3/h27,31,41,45,73-75,80-94,99-106H,5-26,28-30,32-40,42-44,46-72H2,1-4H3,(H,107,108)/b31-27-,45-41-. The molecule has 10 N–H and O–H groups in total. The summed E-state index contributed by atoms with van der Waals surface area (Å²) in [6.07, 6.45) is 33.0. The number of aliphatic hydroxyl groups is 9. The Morgan fingerprint density at radius 1 is 0.328 bits per heavy atom. The van der Waals surface area contributed by atoms with E-state index in [1.807, 2.05) is 0 Å². The van der Waals surface area contributed by atoms with Crippen LogP contribution in [0, 0.1) is 0 Å². The molecule has 0 bridgehead atoms. The first kappa shape index (κ1) is 110. The first-order chi connectivity index (χ1) is 57.7. The number of hydrogen-bond acceptors (Lipinski definition) is 24. The van der Waals surface area contributed by atoms with E-state index in [9.17, 15) is 74.6 Å². The minimum atomic E-state index is -5.81. The highest BCUT2D eigenvalue weighted by molar-refractivity contribution is 7.47. The molecule has 119 heavy (non-hydrogen) atoms. The number of phosphoric ester groups is 1. The molecule has 0 aromatic rings. The Labute approximate surface area is 717 Å². The van der Waals surface area contributed by atoms with Crippen LogP contribution in [-0.2, 0) is 70.7 Å². The number of aliphatic hydroxyl groups excluding tert-OH is 9. The van der Waals surface area contributed by atoms with Crippen molar-refractivity contribution in [3.63, 3.8) is 0 Å². The predicted molar refractivity (Wildman–Crippen MR) is 463 cm³/mol. The maximum absolute atomic E-state index is 14.9. The summed E-state index contributed by atoms with van der Waals surface area (Å²) in [5, 5.41) is 102. The molecule has 26 heteroatoms. The smallest absolute Gasteiger partial charge is 0.463 e. The van der Waals surface area contributed by atoms with Crippen LogP contribution in [0.5, 0.6) is 0 Å². The van der Waals surface area contributed by atoms with Crippen molar-refractivity contribution in [1.29, 1.82) is 0 Å². The van der Waals surface area contributed by atoms with Crippen LogP contribution in [0.2, 0.25) is 0 Å². The number of ether oxygens (including phenoxy) is 8. The topological polar surface area (TPSA) is 380 Å². The Hall–Kier alpha value is -3.05. The van der Waals surface area contributed by atoms with E-state index in [2.05, 4.69) is 52.0 Å². The SMILES string of the molecule is CCCCCC/C=C\CCCCCCCCCC(=O)OC(COC(=O)CCCCC/C=C\CCCCCCCC)COP(=O)(O)OC1C(OC2OC(CO)C(O)C(O)C2O)C(O)C(O)C(OC(=O)CCCCCCCCCCCCCCCCCC)C1OC1OC(COC(=O)CCCCCCCCCCCCCCCCCC)C(O)C(O)C1O. The van der Waals surface area contributed by atoms with E-state index in [1.54, 1.807) is 0 Å². The average Bonchev–Trinajstić information content (AvgIpc) is 0.754. The number of allylic oxidation sites excluding steroid dienone is 4. The molecule has 2 aliphatic heterocycles. The van der Waals surface area contributed by atoms with Crippen molar-refractivity contribution >= 4 is 31.7 Å². The van der Waals surface area contributed by atoms with Crippen molar-refractivity contribution in [3.8, 4) is 0 Å². The van der Waals surface area contributed by atoms with Gasteiger partial charge in [0.2, 0.25) is 0 Å². The molecule has 2 heterocycles. The minimum absolute atomic E-state index is 0.0135. The molecule has 0 radical (unpaired) electrons. The Kier molecular flexibility index (Phi) is 66.7. The molecule has 1 saturated carbocycles. The number of carbonyl (C=O) groups excluding carboxylic acids is 4. The summed E-state index contributed by atoms with van der Waals surface area (Å²) in [4.78, 5) is 66.5. The normalized spacial score (nSPS) is 24.9. The van der Waals surface area contributed by atoms with Crippen LogP contribution in [0.1, 0.15) is 413 Å². The molecule has 3 fully saturated rings. The number of carbonyl (C=O) groups is 4. The van der Waals surface area contributed by atoms with Gasteiger partial charge in [-0.2, -0.15) is 0 Å². The summed E-state index contributed by atoms with van der Waals surface area (Å²) in [5.74, 6) is -2.98. The first-order valence-electron chi connectivity index (χ1n) is 48.1. The molecule has 2 saturated heterocycles. The highest BCUT2D eigenvalue weighted by Gasteiger charge is 2.60. The van der Waals surface area contributed by atoms with Gasteiger partial charge in [0.25, 0.3) is 0 Å². The molecular weight excluding hydrogens is 1550 g/mol. The summed E-state index contributed by atoms with van der Waals surface area (Å²) in [6.45, 7) is 5.59. The van der Waals surface area contributed by atoms with E-state index in [1.165, 1.54) is 180 Å². The first-order valence-corrected chi connectivity index (χ1v) is 49.6. The molecule has 18 unspecified atom stereocenters. The fourth-order valence-electron chi connectivity index (χ4n) is 15.8. The van der Waals surface area contributed by atoms with Gasteiger partial charge in [0.05, 0.1) is 13.2 Å². The fourth-order valence-corrected chi connectivity index (χ4v) is 16.7. The van der Waals surface area contributed by atoms with Gasteiger partial charge in [-0.05, 0) is 77.0 Å². The molecule has 0 spiro atoms. The van der Waals surface area contributed by atoms with Gasteiger partial charge in [0.15, 0.2) is 24.8 Å². The van der Waals surface area contributed by atoms with Crippen molar-refractivity contribution in [2.45, 2.75) is 517 Å². The van der Waals surface area contributed by atoms with E-state index in [4.69, 9.17) is 46.9 Å². The van der Waals surface area contributed by atoms with Crippen LogP contribution >= 0.6 is 7.82 Å². The summed E-state index contributed by atoms with van der Waals surface area (Å²) >= 11 is 0. The van der Waals surface area contributed by atoms with Crippen LogP contribution in [0.4, 0.5) is 0 Å². The number of phosphoric acid groups is 1. The van der Waals surface area contributed by atoms with Crippen molar-refractivity contribution in [3.05, 3.63) is 24.3 Å². The van der Waals surface area contributed by atoms with E-state index < -0.39 is 162 Å². The maximum atomic E-state index is 14.9. The molecule has 698 valence electrons. The predicted octanol–water partition coefficient (Wildman–Crippen LogP) is 18.1. The second kappa shape index (κ2) is 72.0. The Morgan fingerprint density at radius 3 is 1.02 bits per heavy atom. The van der Waals surface area contributed by atoms with Crippen LogP contribution in [0.3, 0.4) is 0 Å². The van der Waals surface area contributed by atoms with Gasteiger partial charge >= 0.3 is 31.7 Å². The van der Waals surface area contributed by atoms with Gasteiger partial charge < -0.3 is 88.7 Å². The molecule has 0 amide bonds. The zero-order valence-electron chi connectivity index (χ0n) is 74.4. The van der Waals surface area contributed by atoms with Crippen molar-refractivity contribution in [1.82, 2.24) is 0 Å². The minimum Gasteiger partial charge on any atom is -0.463 e. The molecule has 3 rings (SSSR count). The quantitative estimate of drug-likeness (QED) is 0.00889. The highest BCUT2D eigenvalue weighted by atomic mass is 31.2. The number of rotatable bonds is 78. The van der Waals surface area contributed by atoms with Gasteiger partial charge in [0, 0.05) is 25.7 Å². The monoisotopic (exact) mass is 1720 g/mol. The second-order valence-electron chi connectivity index (χ2n) is 34.2. The van der Waals surface area contributed by atoms with E-state index in [0.717, 1.165) is 141 Å². The Balaban J connectivity index is 1.91. The Morgan fingerprint density at radius 2 is 0.630 bits per heavy atom. The molecular formula is C93H171O25P. The zero-order chi connectivity index (χ0) is 86.8. The van der Waals surface area contributed by atoms with Crippen LogP contribution in [0.25, 0.3) is 0 Å². The van der Waals surface area contributed by atoms with Gasteiger partial charge in [-0.25, -0.2) is 4.57 Å². The van der Waals surface area contributed by atoms with Crippen LogP contribution < -0.4 is 0 Å². The summed E-state index contributed by atoms with van der Waals surface area (Å²) < 4.78 is 73.5. The van der Waals surface area contributed by atoms with Crippen molar-refractivity contribution in [2.75, 3.05) is 26.4 Å². The molecule has 18 atom stereocenters. The lowest BCUT2D eigenvalue weighted by atomic mass is 9.84. The third-order valence-corrected chi connectivity index (χ3v) is 24.4. The third kappa shape index (κ3) is 52.0. The van der Waals surface area contributed by atoms with Gasteiger partial charge in [-0.3, -0.25) is 28.2 Å².